The molecule has 1 aromatic heterocycles. The van der Waals surface area contributed by atoms with Crippen LogP contribution in [0.5, 0.6) is 0 Å². The molecule has 3 nitrogen and oxygen atoms in total. The molecule has 0 aliphatic rings. The molecule has 0 spiro atoms. The van der Waals surface area contributed by atoms with Crippen molar-refractivity contribution < 1.29 is 0 Å². The molecule has 0 aliphatic heterocycles. The van der Waals surface area contributed by atoms with Gasteiger partial charge in [0.15, 0.2) is 0 Å². The topological polar surface area (TPSA) is 43.8 Å². The van der Waals surface area contributed by atoms with Crippen LogP contribution in [0.25, 0.3) is 0 Å². The first-order valence-electron chi connectivity index (χ1n) is 6.97. The number of nitrogens with two attached hydrogens (primary N) is 1. The van der Waals surface area contributed by atoms with Crippen molar-refractivity contribution >= 4 is 0 Å². The number of rotatable bonds is 5. The smallest absolute Gasteiger partial charge is 0.0948 e. The minimum atomic E-state index is 0.577. The lowest BCUT2D eigenvalue weighted by Gasteiger charge is -1.99. The first-order chi connectivity index (χ1) is 9.69. The second-order valence-electron chi connectivity index (χ2n) is 3.62. The maximum Gasteiger partial charge on any atom is 0.0948 e. The Balaban J connectivity index is 0. The van der Waals surface area contributed by atoms with E-state index in [9.17, 15) is 0 Å². The Morgan fingerprint density at radius 2 is 2.00 bits per heavy atom. The maximum absolute atomic E-state index is 5.41. The molecule has 0 amide bonds. The lowest BCUT2D eigenvalue weighted by molar-refractivity contribution is 0.712. The third kappa shape index (κ3) is 10.1. The molecular formula is C17H29N3. The first-order valence-corrected chi connectivity index (χ1v) is 6.97. The van der Waals surface area contributed by atoms with E-state index in [0.717, 1.165) is 12.2 Å². The first kappa shape index (κ1) is 20.4. The van der Waals surface area contributed by atoms with E-state index < -0.39 is 0 Å². The molecule has 1 heterocycles. The van der Waals surface area contributed by atoms with Crippen LogP contribution in [-0.2, 0) is 13.1 Å². The number of aromatic nitrogens is 2. The summed E-state index contributed by atoms with van der Waals surface area (Å²) in [7, 11) is 0. The van der Waals surface area contributed by atoms with Gasteiger partial charge in [0.05, 0.1) is 12.0 Å². The number of imidazole rings is 1. The summed E-state index contributed by atoms with van der Waals surface area (Å²) in [5.74, 6) is 0. The zero-order chi connectivity index (χ0) is 15.8. The molecule has 0 saturated heterocycles. The fourth-order valence-electron chi connectivity index (χ4n) is 1.26. The molecule has 1 aromatic rings. The van der Waals surface area contributed by atoms with E-state index in [1.54, 1.807) is 24.7 Å². The molecule has 0 unspecified atom stereocenters. The summed E-state index contributed by atoms with van der Waals surface area (Å²) in [6, 6.07) is 0. The van der Waals surface area contributed by atoms with Crippen LogP contribution >= 0.6 is 0 Å². The average Bonchev–Trinajstić information content (AvgIpc) is 2.95. The Morgan fingerprint density at radius 3 is 2.40 bits per heavy atom. The SMILES string of the molecule is C=C/C=C\C(C)=C/C=C.CC.CCn1cncc1CN. The fraction of sp³-hybridized carbons (Fsp3) is 0.353. The summed E-state index contributed by atoms with van der Waals surface area (Å²) < 4.78 is 2.03. The van der Waals surface area contributed by atoms with E-state index in [2.05, 4.69) is 25.1 Å². The van der Waals surface area contributed by atoms with Crippen LogP contribution in [0.1, 0.15) is 33.4 Å². The zero-order valence-electron chi connectivity index (χ0n) is 13.3. The van der Waals surface area contributed by atoms with Crippen molar-refractivity contribution in [1.29, 1.82) is 0 Å². The van der Waals surface area contributed by atoms with Gasteiger partial charge in [-0.15, -0.1) is 0 Å². The Kier molecular flexibility index (Phi) is 15.5. The molecule has 2 N–H and O–H groups in total. The van der Waals surface area contributed by atoms with Crippen molar-refractivity contribution in [3.63, 3.8) is 0 Å². The summed E-state index contributed by atoms with van der Waals surface area (Å²) in [4.78, 5) is 3.95. The van der Waals surface area contributed by atoms with Crippen LogP contribution in [0.4, 0.5) is 0 Å². The third-order valence-electron chi connectivity index (χ3n) is 2.22. The second-order valence-corrected chi connectivity index (χ2v) is 3.62. The number of hydrogen-bond donors (Lipinski definition) is 1. The summed E-state index contributed by atoms with van der Waals surface area (Å²) in [6.45, 7) is 16.7. The highest BCUT2D eigenvalue weighted by Crippen LogP contribution is 1.95. The maximum atomic E-state index is 5.41. The highest BCUT2D eigenvalue weighted by atomic mass is 15.0. The van der Waals surface area contributed by atoms with Crippen molar-refractivity contribution in [2.45, 2.75) is 40.8 Å². The van der Waals surface area contributed by atoms with Gasteiger partial charge in [0, 0.05) is 19.3 Å². The highest BCUT2D eigenvalue weighted by Gasteiger charge is 1.93. The van der Waals surface area contributed by atoms with Gasteiger partial charge in [-0.25, -0.2) is 4.98 Å². The predicted octanol–water partition coefficient (Wildman–Crippen LogP) is 4.25. The van der Waals surface area contributed by atoms with Crippen LogP contribution in [0, 0.1) is 0 Å². The lowest BCUT2D eigenvalue weighted by Crippen LogP contribution is -2.04. The monoisotopic (exact) mass is 275 g/mol. The second kappa shape index (κ2) is 15.2. The quantitative estimate of drug-likeness (QED) is 0.816. The van der Waals surface area contributed by atoms with Gasteiger partial charge < -0.3 is 10.3 Å². The van der Waals surface area contributed by atoms with Crippen LogP contribution in [0.3, 0.4) is 0 Å². The number of aryl methyl sites for hydroxylation is 1. The van der Waals surface area contributed by atoms with Crippen molar-refractivity contribution in [2.75, 3.05) is 0 Å². The molecule has 0 aromatic carbocycles. The molecule has 3 heteroatoms. The fourth-order valence-corrected chi connectivity index (χ4v) is 1.26. The van der Waals surface area contributed by atoms with Gasteiger partial charge in [-0.2, -0.15) is 0 Å². The predicted molar refractivity (Wildman–Crippen MR) is 90.4 cm³/mol. The summed E-state index contributed by atoms with van der Waals surface area (Å²) in [5.41, 5.74) is 7.69. The van der Waals surface area contributed by atoms with Crippen molar-refractivity contribution in [1.82, 2.24) is 9.55 Å². The van der Waals surface area contributed by atoms with Gasteiger partial charge in [-0.05, 0) is 13.8 Å². The van der Waals surface area contributed by atoms with Gasteiger partial charge >= 0.3 is 0 Å². The number of hydrogen-bond acceptors (Lipinski definition) is 2. The summed E-state index contributed by atoms with van der Waals surface area (Å²) in [5, 5.41) is 0. The van der Waals surface area contributed by atoms with Crippen LogP contribution in [0.2, 0.25) is 0 Å². The largest absolute Gasteiger partial charge is 0.334 e. The Morgan fingerprint density at radius 1 is 1.35 bits per heavy atom. The average molecular weight is 275 g/mol. The van der Waals surface area contributed by atoms with E-state index >= 15 is 0 Å². The molecule has 1 rings (SSSR count). The van der Waals surface area contributed by atoms with Crippen LogP contribution in [0.15, 0.2) is 61.6 Å². The van der Waals surface area contributed by atoms with Gasteiger partial charge in [0.1, 0.15) is 0 Å². The lowest BCUT2D eigenvalue weighted by atomic mass is 10.2. The van der Waals surface area contributed by atoms with Crippen molar-refractivity contribution in [2.24, 2.45) is 5.73 Å². The molecule has 0 radical (unpaired) electrons. The Hall–Kier alpha value is -1.87. The van der Waals surface area contributed by atoms with E-state index in [1.165, 1.54) is 5.57 Å². The Labute approximate surface area is 124 Å². The Bertz CT molecular complexity index is 393. The summed E-state index contributed by atoms with van der Waals surface area (Å²) in [6.07, 6.45) is 12.9. The number of nitrogens with zero attached hydrogens (tertiary/aromatic N) is 2. The highest BCUT2D eigenvalue weighted by molar-refractivity contribution is 5.22. The van der Waals surface area contributed by atoms with Gasteiger partial charge in [-0.1, -0.05) is 63.0 Å². The van der Waals surface area contributed by atoms with E-state index in [4.69, 9.17) is 5.73 Å². The molecule has 0 aliphatic carbocycles. The minimum absolute atomic E-state index is 0.577. The van der Waals surface area contributed by atoms with Crippen molar-refractivity contribution in [3.05, 3.63) is 67.3 Å². The van der Waals surface area contributed by atoms with E-state index in [0.29, 0.717) is 6.54 Å². The molecule has 0 atom stereocenters. The standard InChI is InChI=1S/C9H12.C6H11N3.C2H6/c1-4-6-8-9(3)7-5-2;1-2-9-5-8-4-6(9)3-7;1-2/h4-8H,1-2H2,3H3;4-5H,2-3,7H2,1H3;1-2H3/b8-6-,9-7-;;. The summed E-state index contributed by atoms with van der Waals surface area (Å²) >= 11 is 0. The molecule has 0 fully saturated rings. The minimum Gasteiger partial charge on any atom is -0.334 e. The number of allylic oxidation sites excluding steroid dienone is 6. The van der Waals surface area contributed by atoms with Crippen molar-refractivity contribution in [3.8, 4) is 0 Å². The molecule has 20 heavy (non-hydrogen) atoms. The van der Waals surface area contributed by atoms with Crippen LogP contribution < -0.4 is 5.73 Å². The molecular weight excluding hydrogens is 246 g/mol. The van der Waals surface area contributed by atoms with Gasteiger partial charge in [0.2, 0.25) is 0 Å². The van der Waals surface area contributed by atoms with Crippen LogP contribution in [-0.4, -0.2) is 9.55 Å². The molecule has 0 bridgehead atoms. The molecule has 112 valence electrons. The zero-order valence-corrected chi connectivity index (χ0v) is 13.3. The van der Waals surface area contributed by atoms with E-state index in [1.807, 2.05) is 43.6 Å². The normalized spacial score (nSPS) is 10.2. The van der Waals surface area contributed by atoms with E-state index in [-0.39, 0.29) is 0 Å². The van der Waals surface area contributed by atoms with Gasteiger partial charge in [-0.3, -0.25) is 0 Å². The third-order valence-corrected chi connectivity index (χ3v) is 2.22. The van der Waals surface area contributed by atoms with Gasteiger partial charge in [0.25, 0.3) is 0 Å². The molecule has 0 saturated carbocycles.